The highest BCUT2D eigenvalue weighted by Crippen LogP contribution is 2.27. The second-order valence-electron chi connectivity index (χ2n) is 5.15. The van der Waals surface area contributed by atoms with Gasteiger partial charge in [-0.1, -0.05) is 18.2 Å². The van der Waals surface area contributed by atoms with E-state index in [1.807, 2.05) is 0 Å². The second-order valence-corrected chi connectivity index (χ2v) is 5.15. The van der Waals surface area contributed by atoms with Crippen LogP contribution in [-0.2, 0) is 20.7 Å². The molecule has 1 saturated carbocycles. The Morgan fingerprint density at radius 3 is 2.67 bits per heavy atom. The number of hydrogen-bond acceptors (Lipinski definition) is 3. The molecule has 0 aliphatic heterocycles. The molecule has 21 heavy (non-hydrogen) atoms. The van der Waals surface area contributed by atoms with Crippen LogP contribution >= 0.6 is 0 Å². The number of hydrogen-bond donors (Lipinski definition) is 0. The maximum atomic E-state index is 13.5. The minimum absolute atomic E-state index is 0.00535. The monoisotopic (exact) mass is 293 g/mol. The van der Waals surface area contributed by atoms with Crippen LogP contribution in [0.5, 0.6) is 0 Å². The zero-order valence-corrected chi connectivity index (χ0v) is 12.2. The topological polar surface area (TPSA) is 46.6 Å². The van der Waals surface area contributed by atoms with Crippen molar-refractivity contribution in [3.63, 3.8) is 0 Å². The van der Waals surface area contributed by atoms with Gasteiger partial charge >= 0.3 is 5.97 Å². The van der Waals surface area contributed by atoms with E-state index in [9.17, 15) is 14.0 Å². The van der Waals surface area contributed by atoms with E-state index in [4.69, 9.17) is 4.74 Å². The lowest BCUT2D eigenvalue weighted by molar-refractivity contribution is -0.149. The summed E-state index contributed by atoms with van der Waals surface area (Å²) in [6.07, 6.45) is 2.39. The molecule has 1 amide bonds. The number of amides is 1. The molecule has 1 aliphatic carbocycles. The fraction of sp³-hybridized carbons (Fsp3) is 0.500. The summed E-state index contributed by atoms with van der Waals surface area (Å²) < 4.78 is 18.4. The molecule has 0 saturated heterocycles. The Morgan fingerprint density at radius 2 is 2.05 bits per heavy atom. The number of carbonyl (C=O) groups excluding carboxylic acids is 2. The first kappa shape index (κ1) is 15.5. The summed E-state index contributed by atoms with van der Waals surface area (Å²) >= 11 is 0. The zero-order chi connectivity index (χ0) is 15.2. The van der Waals surface area contributed by atoms with E-state index in [1.165, 1.54) is 6.07 Å². The number of ether oxygens (including phenoxy) is 1. The molecule has 5 heteroatoms. The lowest BCUT2D eigenvalue weighted by atomic mass is 10.1. The Morgan fingerprint density at radius 1 is 1.33 bits per heavy atom. The van der Waals surface area contributed by atoms with Crippen LogP contribution in [0.25, 0.3) is 0 Å². The van der Waals surface area contributed by atoms with Crippen LogP contribution in [0.15, 0.2) is 24.3 Å². The summed E-state index contributed by atoms with van der Waals surface area (Å²) in [5.41, 5.74) is 0.526. The fourth-order valence-corrected chi connectivity index (χ4v) is 2.24. The van der Waals surface area contributed by atoms with Crippen LogP contribution in [0.4, 0.5) is 4.39 Å². The summed E-state index contributed by atoms with van der Waals surface area (Å²) in [6, 6.07) is 6.58. The van der Waals surface area contributed by atoms with Gasteiger partial charge in [-0.15, -0.1) is 0 Å². The van der Waals surface area contributed by atoms with Crippen molar-refractivity contribution in [2.45, 2.75) is 38.6 Å². The molecule has 0 spiro atoms. The van der Waals surface area contributed by atoms with Crippen molar-refractivity contribution < 1.29 is 18.7 Å². The first-order valence-electron chi connectivity index (χ1n) is 7.30. The molecule has 1 aromatic carbocycles. The average molecular weight is 293 g/mol. The van der Waals surface area contributed by atoms with Crippen LogP contribution in [0.1, 0.15) is 31.7 Å². The normalized spacial score (nSPS) is 13.8. The highest BCUT2D eigenvalue weighted by Gasteiger charge is 2.33. The van der Waals surface area contributed by atoms with Crippen LogP contribution in [0.2, 0.25) is 0 Å². The minimum Gasteiger partial charge on any atom is -0.465 e. The highest BCUT2D eigenvalue weighted by molar-refractivity contribution is 5.82. The quantitative estimate of drug-likeness (QED) is 0.725. The van der Waals surface area contributed by atoms with Crippen molar-refractivity contribution in [2.75, 3.05) is 13.2 Å². The van der Waals surface area contributed by atoms with E-state index in [0.717, 1.165) is 12.8 Å². The van der Waals surface area contributed by atoms with Gasteiger partial charge in [0, 0.05) is 12.5 Å². The number of nitrogens with zero attached hydrogens (tertiary/aromatic N) is 1. The van der Waals surface area contributed by atoms with Gasteiger partial charge in [0.25, 0.3) is 0 Å². The lowest BCUT2D eigenvalue weighted by Gasteiger charge is -2.21. The molecule has 0 unspecified atom stereocenters. The maximum Gasteiger partial charge on any atom is 0.325 e. The first-order valence-corrected chi connectivity index (χ1v) is 7.30. The standard InChI is InChI=1S/C16H20FNO3/c1-2-21-16(20)11-18(13-8-9-13)15(19)10-7-12-5-3-4-6-14(12)17/h3-6,13H,2,7-11H2,1H3. The van der Waals surface area contributed by atoms with Crippen LogP contribution in [-0.4, -0.2) is 36.0 Å². The van der Waals surface area contributed by atoms with Gasteiger partial charge in [0.05, 0.1) is 6.61 Å². The van der Waals surface area contributed by atoms with Gasteiger partial charge < -0.3 is 9.64 Å². The summed E-state index contributed by atoms with van der Waals surface area (Å²) in [6.45, 7) is 2.04. The highest BCUT2D eigenvalue weighted by atomic mass is 19.1. The number of aryl methyl sites for hydroxylation is 1. The molecular weight excluding hydrogens is 273 g/mol. The summed E-state index contributed by atoms with van der Waals surface area (Å²) in [7, 11) is 0. The number of rotatable bonds is 7. The number of esters is 1. The molecule has 0 N–H and O–H groups in total. The van der Waals surface area contributed by atoms with Gasteiger partial charge in [0.1, 0.15) is 12.4 Å². The van der Waals surface area contributed by atoms with Crippen LogP contribution in [0, 0.1) is 5.82 Å². The first-order chi connectivity index (χ1) is 10.1. The largest absolute Gasteiger partial charge is 0.465 e. The van der Waals surface area contributed by atoms with E-state index in [0.29, 0.717) is 18.6 Å². The van der Waals surface area contributed by atoms with Gasteiger partial charge in [-0.25, -0.2) is 4.39 Å². The number of benzene rings is 1. The third kappa shape index (κ3) is 4.55. The third-order valence-electron chi connectivity index (χ3n) is 3.48. The van der Waals surface area contributed by atoms with E-state index >= 15 is 0 Å². The molecular formula is C16H20FNO3. The van der Waals surface area contributed by atoms with Gasteiger partial charge in [0.2, 0.25) is 5.91 Å². The van der Waals surface area contributed by atoms with Crippen molar-refractivity contribution in [3.8, 4) is 0 Å². The Hall–Kier alpha value is -1.91. The summed E-state index contributed by atoms with van der Waals surface area (Å²) in [5.74, 6) is -0.800. The Labute approximate surface area is 123 Å². The maximum absolute atomic E-state index is 13.5. The summed E-state index contributed by atoms with van der Waals surface area (Å²) in [5, 5.41) is 0. The van der Waals surface area contributed by atoms with E-state index < -0.39 is 0 Å². The molecule has 114 valence electrons. The van der Waals surface area contributed by atoms with E-state index in [-0.39, 0.29) is 36.7 Å². The average Bonchev–Trinajstić information content (AvgIpc) is 3.28. The molecule has 0 heterocycles. The molecule has 0 radical (unpaired) electrons. The van der Waals surface area contributed by atoms with Crippen molar-refractivity contribution in [2.24, 2.45) is 0 Å². The van der Waals surface area contributed by atoms with Gasteiger partial charge in [0.15, 0.2) is 0 Å². The molecule has 4 nitrogen and oxygen atoms in total. The minimum atomic E-state index is -0.386. The third-order valence-corrected chi connectivity index (χ3v) is 3.48. The number of carbonyl (C=O) groups is 2. The Kier molecular flexibility index (Phi) is 5.31. The van der Waals surface area contributed by atoms with Gasteiger partial charge in [-0.2, -0.15) is 0 Å². The molecule has 0 aromatic heterocycles. The molecule has 1 aliphatic rings. The van der Waals surface area contributed by atoms with E-state index in [2.05, 4.69) is 0 Å². The predicted molar refractivity (Wildman–Crippen MR) is 76.1 cm³/mol. The molecule has 1 fully saturated rings. The Balaban J connectivity index is 1.90. The van der Waals surface area contributed by atoms with E-state index in [1.54, 1.807) is 30.0 Å². The smallest absolute Gasteiger partial charge is 0.325 e. The van der Waals surface area contributed by atoms with Crippen LogP contribution in [0.3, 0.4) is 0 Å². The van der Waals surface area contributed by atoms with Gasteiger partial charge in [-0.3, -0.25) is 9.59 Å². The fourth-order valence-electron chi connectivity index (χ4n) is 2.24. The van der Waals surface area contributed by atoms with Crippen molar-refractivity contribution in [3.05, 3.63) is 35.6 Å². The molecule has 2 rings (SSSR count). The Bertz CT molecular complexity index is 514. The summed E-state index contributed by atoms with van der Waals surface area (Å²) in [4.78, 5) is 25.4. The molecule has 0 atom stereocenters. The van der Waals surface area contributed by atoms with Crippen LogP contribution < -0.4 is 0 Å². The number of halogens is 1. The van der Waals surface area contributed by atoms with Gasteiger partial charge in [-0.05, 0) is 37.8 Å². The molecule has 1 aromatic rings. The predicted octanol–water partition coefficient (Wildman–Crippen LogP) is 2.31. The SMILES string of the molecule is CCOC(=O)CN(C(=O)CCc1ccccc1F)C1CC1. The van der Waals surface area contributed by atoms with Crippen molar-refractivity contribution in [1.29, 1.82) is 0 Å². The zero-order valence-electron chi connectivity index (χ0n) is 12.2. The van der Waals surface area contributed by atoms with Crippen molar-refractivity contribution in [1.82, 2.24) is 4.90 Å². The lowest BCUT2D eigenvalue weighted by Crippen LogP contribution is -2.38. The van der Waals surface area contributed by atoms with Crippen molar-refractivity contribution >= 4 is 11.9 Å². The molecule has 0 bridgehead atoms. The second kappa shape index (κ2) is 7.20.